The van der Waals surface area contributed by atoms with Crippen molar-refractivity contribution in [1.29, 1.82) is 0 Å². The van der Waals surface area contributed by atoms with Gasteiger partial charge in [0.15, 0.2) is 5.79 Å². The van der Waals surface area contributed by atoms with Crippen LogP contribution in [0.2, 0.25) is 0 Å². The van der Waals surface area contributed by atoms with Gasteiger partial charge in [-0.2, -0.15) is 0 Å². The van der Waals surface area contributed by atoms with Crippen molar-refractivity contribution in [3.05, 3.63) is 48.0 Å². The third-order valence-electron chi connectivity index (χ3n) is 3.21. The smallest absolute Gasteiger partial charge is 0.189 e. The van der Waals surface area contributed by atoms with Crippen LogP contribution in [0.5, 0.6) is 0 Å². The average molecular weight is 296 g/mol. The van der Waals surface area contributed by atoms with Crippen molar-refractivity contribution < 1.29 is 9.84 Å². The molecule has 0 spiro atoms. The Hall–Kier alpha value is -1.13. The number of aliphatic hydroxyl groups is 1. The fraction of sp³-hybridized carbons (Fsp3) is 0.375. The van der Waals surface area contributed by atoms with Gasteiger partial charge in [0.2, 0.25) is 0 Å². The first kappa shape index (κ1) is 16.9. The summed E-state index contributed by atoms with van der Waals surface area (Å²) in [4.78, 5) is 2.02. The van der Waals surface area contributed by atoms with Crippen LogP contribution in [0, 0.1) is 0 Å². The number of rotatable bonds is 5. The fourth-order valence-electron chi connectivity index (χ4n) is 1.99. The Morgan fingerprint density at radius 2 is 1.75 bits per heavy atom. The number of likely N-dealkylation sites (N-methyl/N-ethyl adjacent to an activating group) is 1. The molecule has 0 aliphatic heterocycles. The first-order chi connectivity index (χ1) is 8.99. The van der Waals surface area contributed by atoms with Crippen molar-refractivity contribution in [3.8, 4) is 0 Å². The molecular formula is C16H22ClNO2. The normalized spacial score (nSPS) is 14.1. The lowest BCUT2D eigenvalue weighted by atomic mass is 10.0. The van der Waals surface area contributed by atoms with Gasteiger partial charge in [-0.25, -0.2) is 0 Å². The highest BCUT2D eigenvalue weighted by Gasteiger charge is 2.23. The van der Waals surface area contributed by atoms with Crippen LogP contribution in [-0.4, -0.2) is 37.3 Å². The number of nitrogens with zero attached hydrogens (tertiary/aromatic N) is 1. The number of ether oxygens (including phenoxy) is 1. The van der Waals surface area contributed by atoms with Crippen molar-refractivity contribution in [2.24, 2.45) is 0 Å². The van der Waals surface area contributed by atoms with E-state index in [0.717, 1.165) is 22.9 Å². The molecule has 2 rings (SSSR count). The lowest BCUT2D eigenvalue weighted by Gasteiger charge is -2.25. The maximum absolute atomic E-state index is 10.4. The average Bonchev–Trinajstić information content (AvgIpc) is 2.37. The zero-order chi connectivity index (χ0) is 13.9. The molecule has 0 fully saturated rings. The van der Waals surface area contributed by atoms with Crippen molar-refractivity contribution in [2.45, 2.75) is 12.7 Å². The van der Waals surface area contributed by atoms with Gasteiger partial charge in [-0.05, 0) is 37.9 Å². The van der Waals surface area contributed by atoms with Crippen molar-refractivity contribution in [1.82, 2.24) is 4.90 Å². The Morgan fingerprint density at radius 3 is 2.40 bits per heavy atom. The summed E-state index contributed by atoms with van der Waals surface area (Å²) in [6, 6.07) is 14.0. The molecule has 0 amide bonds. The van der Waals surface area contributed by atoms with Gasteiger partial charge in [0.1, 0.15) is 0 Å². The van der Waals surface area contributed by atoms with Crippen LogP contribution in [0.1, 0.15) is 12.5 Å². The van der Waals surface area contributed by atoms with E-state index in [1.165, 1.54) is 0 Å². The quantitative estimate of drug-likeness (QED) is 0.861. The summed E-state index contributed by atoms with van der Waals surface area (Å²) in [7, 11) is 3.96. The van der Waals surface area contributed by atoms with Crippen LogP contribution in [-0.2, 0) is 10.5 Å². The van der Waals surface area contributed by atoms with E-state index >= 15 is 0 Å². The summed E-state index contributed by atoms with van der Waals surface area (Å²) >= 11 is 0. The van der Waals surface area contributed by atoms with E-state index in [1.807, 2.05) is 55.4 Å². The molecule has 2 aromatic carbocycles. The van der Waals surface area contributed by atoms with Crippen LogP contribution in [0.4, 0.5) is 0 Å². The molecule has 4 heteroatoms. The minimum atomic E-state index is -1.25. The first-order valence-corrected chi connectivity index (χ1v) is 6.49. The van der Waals surface area contributed by atoms with E-state index in [4.69, 9.17) is 4.74 Å². The lowest BCUT2D eigenvalue weighted by Crippen LogP contribution is -2.29. The van der Waals surface area contributed by atoms with Gasteiger partial charge in [0.25, 0.3) is 0 Å². The number of hydrogen-bond acceptors (Lipinski definition) is 3. The fourth-order valence-corrected chi connectivity index (χ4v) is 1.99. The highest BCUT2D eigenvalue weighted by molar-refractivity contribution is 5.85. The van der Waals surface area contributed by atoms with Crippen molar-refractivity contribution in [2.75, 3.05) is 27.2 Å². The van der Waals surface area contributed by atoms with Crippen LogP contribution in [0.15, 0.2) is 42.5 Å². The van der Waals surface area contributed by atoms with Gasteiger partial charge in [0, 0.05) is 12.1 Å². The second-order valence-corrected chi connectivity index (χ2v) is 5.20. The Bertz CT molecular complexity index is 555. The van der Waals surface area contributed by atoms with Crippen molar-refractivity contribution in [3.63, 3.8) is 0 Å². The molecule has 20 heavy (non-hydrogen) atoms. The zero-order valence-electron chi connectivity index (χ0n) is 12.2. The topological polar surface area (TPSA) is 32.7 Å². The molecule has 2 aromatic rings. The van der Waals surface area contributed by atoms with Crippen molar-refractivity contribution >= 4 is 23.2 Å². The number of hydrogen-bond donors (Lipinski definition) is 1. The molecule has 1 N–H and O–H groups in total. The number of fused-ring (bicyclic) bond motifs is 1. The summed E-state index contributed by atoms with van der Waals surface area (Å²) in [5, 5.41) is 12.7. The second-order valence-electron chi connectivity index (χ2n) is 5.20. The Morgan fingerprint density at radius 1 is 1.10 bits per heavy atom. The predicted molar refractivity (Wildman–Crippen MR) is 85.3 cm³/mol. The Kier molecular flexibility index (Phi) is 5.96. The van der Waals surface area contributed by atoms with Gasteiger partial charge in [-0.15, -0.1) is 12.4 Å². The summed E-state index contributed by atoms with van der Waals surface area (Å²) in [5.74, 6) is -1.25. The summed E-state index contributed by atoms with van der Waals surface area (Å²) in [6.45, 7) is 2.96. The molecule has 0 aromatic heterocycles. The monoisotopic (exact) mass is 295 g/mol. The van der Waals surface area contributed by atoms with Crippen LogP contribution in [0.3, 0.4) is 0 Å². The molecule has 0 aliphatic rings. The van der Waals surface area contributed by atoms with Gasteiger partial charge in [-0.3, -0.25) is 0 Å². The van der Waals surface area contributed by atoms with Gasteiger partial charge < -0.3 is 14.7 Å². The van der Waals surface area contributed by atoms with Crippen LogP contribution < -0.4 is 0 Å². The molecule has 110 valence electrons. The van der Waals surface area contributed by atoms with Crippen LogP contribution in [0.25, 0.3) is 10.8 Å². The standard InChI is InChI=1S/C16H21NO2.ClH/c1-16(18,19-11-10-17(2)3)15-9-8-13-6-4-5-7-14(13)12-15;/h4-9,12,18H,10-11H2,1-3H3;1H. The van der Waals surface area contributed by atoms with Gasteiger partial charge in [0.05, 0.1) is 6.61 Å². The maximum atomic E-state index is 10.4. The summed E-state index contributed by atoms with van der Waals surface area (Å²) < 4.78 is 5.59. The third kappa shape index (κ3) is 4.18. The van der Waals surface area contributed by atoms with E-state index in [0.29, 0.717) is 6.61 Å². The molecule has 0 saturated heterocycles. The highest BCUT2D eigenvalue weighted by Crippen LogP contribution is 2.25. The van der Waals surface area contributed by atoms with E-state index < -0.39 is 5.79 Å². The van der Waals surface area contributed by atoms with Gasteiger partial charge in [-0.1, -0.05) is 36.4 Å². The molecule has 1 atom stereocenters. The minimum Gasteiger partial charge on any atom is -0.362 e. The van der Waals surface area contributed by atoms with E-state index in [9.17, 15) is 5.11 Å². The molecule has 3 nitrogen and oxygen atoms in total. The molecule has 0 bridgehead atoms. The summed E-state index contributed by atoms with van der Waals surface area (Å²) in [6.07, 6.45) is 0. The minimum absolute atomic E-state index is 0. The predicted octanol–water partition coefficient (Wildman–Crippen LogP) is 3.00. The molecule has 0 heterocycles. The highest BCUT2D eigenvalue weighted by atomic mass is 35.5. The number of halogens is 1. The molecular weight excluding hydrogens is 274 g/mol. The largest absolute Gasteiger partial charge is 0.362 e. The van der Waals surface area contributed by atoms with Crippen LogP contribution >= 0.6 is 12.4 Å². The molecule has 1 unspecified atom stereocenters. The third-order valence-corrected chi connectivity index (χ3v) is 3.21. The van der Waals surface area contributed by atoms with Gasteiger partial charge >= 0.3 is 0 Å². The maximum Gasteiger partial charge on any atom is 0.189 e. The lowest BCUT2D eigenvalue weighted by molar-refractivity contribution is -0.199. The zero-order valence-corrected chi connectivity index (χ0v) is 13.0. The number of benzene rings is 2. The van der Waals surface area contributed by atoms with E-state index in [1.54, 1.807) is 6.92 Å². The Labute approximate surface area is 126 Å². The molecule has 0 radical (unpaired) electrons. The Balaban J connectivity index is 0.00000200. The first-order valence-electron chi connectivity index (χ1n) is 6.49. The van der Waals surface area contributed by atoms with E-state index in [2.05, 4.69) is 6.07 Å². The SMILES string of the molecule is CN(C)CCOC(C)(O)c1ccc2ccccc2c1.Cl. The summed E-state index contributed by atoms with van der Waals surface area (Å²) in [5.41, 5.74) is 0.782. The molecule has 0 saturated carbocycles. The van der Waals surface area contributed by atoms with E-state index in [-0.39, 0.29) is 12.4 Å². The second kappa shape index (κ2) is 7.04. The molecule has 0 aliphatic carbocycles.